The first-order valence-corrected chi connectivity index (χ1v) is 8.76. The summed E-state index contributed by atoms with van der Waals surface area (Å²) in [6.07, 6.45) is 5.77. The number of hydrogen-bond donors (Lipinski definition) is 0. The van der Waals surface area contributed by atoms with Gasteiger partial charge in [-0.3, -0.25) is 4.98 Å². The molecule has 1 aliphatic heterocycles. The molecule has 7 heteroatoms. The molecular weight excluding hydrogens is 350 g/mol. The van der Waals surface area contributed by atoms with E-state index >= 15 is 0 Å². The van der Waals surface area contributed by atoms with Crippen LogP contribution in [0.25, 0.3) is 0 Å². The van der Waals surface area contributed by atoms with Crippen molar-refractivity contribution in [2.75, 3.05) is 36.0 Å². The molecule has 0 saturated carbocycles. The molecule has 0 unspecified atom stereocenters. The number of nitrogens with zero attached hydrogens (tertiary/aromatic N) is 5. The lowest BCUT2D eigenvalue weighted by Gasteiger charge is -2.23. The molecule has 1 aliphatic rings. The van der Waals surface area contributed by atoms with Crippen molar-refractivity contribution in [1.82, 2.24) is 14.3 Å². The van der Waals surface area contributed by atoms with Crippen LogP contribution in [0.1, 0.15) is 19.2 Å². The highest BCUT2D eigenvalue weighted by atomic mass is 79.9. The van der Waals surface area contributed by atoms with Gasteiger partial charge in [0.15, 0.2) is 0 Å². The third-order valence-corrected chi connectivity index (χ3v) is 4.84. The Bertz CT molecular complexity index is 603. The van der Waals surface area contributed by atoms with Gasteiger partial charge in [-0.1, -0.05) is 6.92 Å². The van der Waals surface area contributed by atoms with Crippen LogP contribution in [-0.2, 0) is 6.42 Å². The van der Waals surface area contributed by atoms with E-state index < -0.39 is 0 Å². The van der Waals surface area contributed by atoms with Crippen molar-refractivity contribution in [3.05, 3.63) is 28.8 Å². The van der Waals surface area contributed by atoms with E-state index in [1.165, 1.54) is 17.2 Å². The van der Waals surface area contributed by atoms with Gasteiger partial charge < -0.3 is 9.80 Å². The number of rotatable bonds is 3. The molecule has 0 spiro atoms. The van der Waals surface area contributed by atoms with Gasteiger partial charge in [0.2, 0.25) is 5.13 Å². The van der Waals surface area contributed by atoms with Crippen LogP contribution < -0.4 is 9.80 Å². The van der Waals surface area contributed by atoms with Crippen LogP contribution in [0.5, 0.6) is 0 Å². The summed E-state index contributed by atoms with van der Waals surface area (Å²) in [5, 5.41) is 1.06. The molecule has 112 valence electrons. The molecule has 1 saturated heterocycles. The molecule has 3 rings (SSSR count). The zero-order valence-electron chi connectivity index (χ0n) is 12.0. The molecule has 0 N–H and O–H groups in total. The molecule has 0 bridgehead atoms. The van der Waals surface area contributed by atoms with Gasteiger partial charge in [-0.25, -0.2) is 4.98 Å². The number of aryl methyl sites for hydroxylation is 1. The summed E-state index contributed by atoms with van der Waals surface area (Å²) in [7, 11) is 0. The fraction of sp³-hybridized carbons (Fsp3) is 0.500. The quantitative estimate of drug-likeness (QED) is 0.834. The van der Waals surface area contributed by atoms with Gasteiger partial charge in [-0.15, -0.1) is 0 Å². The molecule has 5 nitrogen and oxygen atoms in total. The maximum atomic E-state index is 4.60. The third kappa shape index (κ3) is 3.52. The minimum Gasteiger partial charge on any atom is -0.368 e. The van der Waals surface area contributed by atoms with Gasteiger partial charge in [0.25, 0.3) is 0 Å². The third-order valence-electron chi connectivity index (χ3n) is 3.60. The Kier molecular flexibility index (Phi) is 4.70. The summed E-state index contributed by atoms with van der Waals surface area (Å²) in [5.74, 6) is 0.951. The molecule has 3 heterocycles. The predicted octanol–water partition coefficient (Wildman–Crippen LogP) is 2.97. The van der Waals surface area contributed by atoms with E-state index in [1.54, 1.807) is 0 Å². The number of aromatic nitrogens is 3. The Morgan fingerprint density at radius 1 is 1.19 bits per heavy atom. The van der Waals surface area contributed by atoms with Gasteiger partial charge in [-0.2, -0.15) is 4.37 Å². The molecule has 0 amide bonds. The first kappa shape index (κ1) is 14.7. The van der Waals surface area contributed by atoms with Gasteiger partial charge in [0, 0.05) is 54.8 Å². The highest BCUT2D eigenvalue weighted by molar-refractivity contribution is 9.10. The van der Waals surface area contributed by atoms with Crippen LogP contribution in [0.2, 0.25) is 0 Å². The average Bonchev–Trinajstić information content (AvgIpc) is 2.84. The highest BCUT2D eigenvalue weighted by Crippen LogP contribution is 2.23. The van der Waals surface area contributed by atoms with Crippen LogP contribution in [0.4, 0.5) is 10.8 Å². The molecular formula is C14H18BrN5S. The van der Waals surface area contributed by atoms with Crippen molar-refractivity contribution in [2.24, 2.45) is 0 Å². The Labute approximate surface area is 137 Å². The van der Waals surface area contributed by atoms with E-state index in [0.29, 0.717) is 0 Å². The fourth-order valence-electron chi connectivity index (χ4n) is 2.46. The summed E-state index contributed by atoms with van der Waals surface area (Å²) in [4.78, 5) is 13.6. The fourth-order valence-corrected chi connectivity index (χ4v) is 3.61. The first-order chi connectivity index (χ1) is 10.3. The van der Waals surface area contributed by atoms with Crippen molar-refractivity contribution >= 4 is 38.3 Å². The molecule has 0 atom stereocenters. The summed E-state index contributed by atoms with van der Waals surface area (Å²) >= 11 is 5.01. The Morgan fingerprint density at radius 2 is 2.00 bits per heavy atom. The van der Waals surface area contributed by atoms with Crippen LogP contribution in [0.3, 0.4) is 0 Å². The Balaban J connectivity index is 1.69. The average molecular weight is 368 g/mol. The van der Waals surface area contributed by atoms with E-state index in [-0.39, 0.29) is 0 Å². The molecule has 2 aromatic rings. The van der Waals surface area contributed by atoms with Crippen LogP contribution in [0.15, 0.2) is 22.9 Å². The van der Waals surface area contributed by atoms with E-state index in [9.17, 15) is 0 Å². The zero-order valence-corrected chi connectivity index (χ0v) is 14.4. The molecule has 0 aromatic carbocycles. The molecule has 0 radical (unpaired) electrons. The lowest BCUT2D eigenvalue weighted by Crippen LogP contribution is -2.30. The van der Waals surface area contributed by atoms with Gasteiger partial charge in [-0.05, 0) is 28.4 Å². The SMILES string of the molecule is CCc1nsc(N2CCCN(c3cncc(Br)c3)CC2)n1. The topological polar surface area (TPSA) is 45.2 Å². The zero-order chi connectivity index (χ0) is 14.7. The minimum absolute atomic E-state index is 0.903. The second-order valence-electron chi connectivity index (χ2n) is 5.04. The van der Waals surface area contributed by atoms with Gasteiger partial charge in [0.1, 0.15) is 5.82 Å². The minimum atomic E-state index is 0.903. The normalized spacial score (nSPS) is 16.1. The monoisotopic (exact) mass is 367 g/mol. The predicted molar refractivity (Wildman–Crippen MR) is 90.3 cm³/mol. The number of anilines is 2. The summed E-state index contributed by atoms with van der Waals surface area (Å²) in [6, 6.07) is 2.13. The first-order valence-electron chi connectivity index (χ1n) is 7.19. The van der Waals surface area contributed by atoms with Crippen molar-refractivity contribution < 1.29 is 0 Å². The van der Waals surface area contributed by atoms with Crippen molar-refractivity contribution in [3.63, 3.8) is 0 Å². The van der Waals surface area contributed by atoms with E-state index in [4.69, 9.17) is 0 Å². The van der Waals surface area contributed by atoms with Crippen molar-refractivity contribution in [1.29, 1.82) is 0 Å². The summed E-state index contributed by atoms with van der Waals surface area (Å²) in [5.41, 5.74) is 1.18. The standard InChI is InChI=1S/C14H18BrN5S/c1-2-13-17-14(21-18-13)20-5-3-4-19(6-7-20)12-8-11(15)9-16-10-12/h8-10H,2-7H2,1H3. The highest BCUT2D eigenvalue weighted by Gasteiger charge is 2.18. The second kappa shape index (κ2) is 6.70. The molecule has 2 aromatic heterocycles. The van der Waals surface area contributed by atoms with E-state index in [2.05, 4.69) is 53.1 Å². The van der Waals surface area contributed by atoms with E-state index in [0.717, 1.165) is 54.4 Å². The van der Waals surface area contributed by atoms with E-state index in [1.807, 2.05) is 12.4 Å². The van der Waals surface area contributed by atoms with Crippen molar-refractivity contribution in [3.8, 4) is 0 Å². The van der Waals surface area contributed by atoms with Crippen LogP contribution in [0, 0.1) is 0 Å². The van der Waals surface area contributed by atoms with Crippen LogP contribution >= 0.6 is 27.5 Å². The molecule has 0 aliphatic carbocycles. The van der Waals surface area contributed by atoms with Gasteiger partial charge in [0.05, 0.1) is 11.9 Å². The number of hydrogen-bond acceptors (Lipinski definition) is 6. The summed E-state index contributed by atoms with van der Waals surface area (Å²) < 4.78 is 5.41. The number of halogens is 1. The maximum absolute atomic E-state index is 4.60. The van der Waals surface area contributed by atoms with Gasteiger partial charge >= 0.3 is 0 Å². The Hall–Kier alpha value is -1.21. The lowest BCUT2D eigenvalue weighted by atomic mass is 10.3. The Morgan fingerprint density at radius 3 is 2.76 bits per heavy atom. The van der Waals surface area contributed by atoms with Crippen molar-refractivity contribution in [2.45, 2.75) is 19.8 Å². The number of pyridine rings is 1. The largest absolute Gasteiger partial charge is 0.368 e. The van der Waals surface area contributed by atoms with Crippen LogP contribution in [-0.4, -0.2) is 40.5 Å². The second-order valence-corrected chi connectivity index (χ2v) is 6.68. The summed E-state index contributed by atoms with van der Waals surface area (Å²) in [6.45, 7) is 6.14. The molecule has 21 heavy (non-hydrogen) atoms. The molecule has 1 fully saturated rings. The smallest absolute Gasteiger partial charge is 0.205 e. The maximum Gasteiger partial charge on any atom is 0.205 e. The lowest BCUT2D eigenvalue weighted by molar-refractivity contribution is 0.801.